The van der Waals surface area contributed by atoms with E-state index >= 15 is 0 Å². The summed E-state index contributed by atoms with van der Waals surface area (Å²) in [6.45, 7) is 23.8. The lowest BCUT2D eigenvalue weighted by molar-refractivity contribution is 0.0375. The van der Waals surface area contributed by atoms with Gasteiger partial charge in [0.15, 0.2) is 97.8 Å². The molecule has 86 heavy (non-hydrogen) atoms. The van der Waals surface area contributed by atoms with Crippen LogP contribution in [0.15, 0.2) is 91.0 Å². The highest BCUT2D eigenvalue weighted by molar-refractivity contribution is 6.00. The number of phenolic OH excluding ortho intramolecular Hbond substituents is 14. The molecule has 6 aromatic carbocycles. The van der Waals surface area contributed by atoms with Crippen LogP contribution in [0.3, 0.4) is 0 Å². The standard InChI is InChI=1S/2C11H14O5.C11H14O3.2C10H12O4.C10H12O2/c2*1-6(2)5-16-11(15)7-3-8(12)10(14)9(13)4-7;1-6(2)10(13)8-4-7(3)11(14)9(12)5-8;2*1-5(2)9(13)6-3-7(11)10(14)8(12)4-6;1-8(2)12-10(11)9-6-4-3-5-7-9/h2*3-4,6,12-14H,5H2,1-2H3;4-6,12,14H,1-3H3;2*3-5,11-12,14H,1-2H3;3-8H,1-2H3. The normalized spacial score (nSPS) is 10.4. The molecule has 0 heterocycles. The van der Waals surface area contributed by atoms with Gasteiger partial charge in [-0.15, -0.1) is 0 Å². The van der Waals surface area contributed by atoms with Gasteiger partial charge in [0.2, 0.25) is 0 Å². The van der Waals surface area contributed by atoms with Gasteiger partial charge >= 0.3 is 17.9 Å². The molecule has 0 aliphatic heterocycles. The highest BCUT2D eigenvalue weighted by atomic mass is 16.5. The van der Waals surface area contributed by atoms with Crippen LogP contribution in [0.25, 0.3) is 0 Å². The minimum Gasteiger partial charge on any atom is -0.504 e. The third-order valence-corrected chi connectivity index (χ3v) is 10.9. The maximum absolute atomic E-state index is 11.6. The number of aromatic hydroxyl groups is 14. The number of hydrogen-bond donors (Lipinski definition) is 14. The Balaban J connectivity index is 0.000000517. The van der Waals surface area contributed by atoms with Crippen LogP contribution in [-0.2, 0) is 14.2 Å². The summed E-state index contributed by atoms with van der Waals surface area (Å²) in [5.74, 6) is -9.29. The molecule has 23 nitrogen and oxygen atoms in total. The number of carbonyl (C=O) groups excluding carboxylic acids is 6. The molecule has 468 valence electrons. The van der Waals surface area contributed by atoms with E-state index in [1.807, 2.05) is 59.7 Å². The second kappa shape index (κ2) is 34.5. The van der Waals surface area contributed by atoms with Gasteiger partial charge in [-0.3, -0.25) is 14.4 Å². The molecular weight excluding hydrogens is 1120 g/mol. The van der Waals surface area contributed by atoms with Crippen LogP contribution in [0, 0.1) is 36.5 Å². The number of phenols is 14. The summed E-state index contributed by atoms with van der Waals surface area (Å²) in [7, 11) is 0. The molecule has 0 saturated carbocycles. The number of rotatable bonds is 14. The zero-order valence-electron chi connectivity index (χ0n) is 50.0. The number of Topliss-reactive ketones (excluding diaryl/α,β-unsaturated/α-hetero) is 3. The second-order valence-corrected chi connectivity index (χ2v) is 21.0. The fourth-order valence-corrected chi connectivity index (χ4v) is 6.35. The summed E-state index contributed by atoms with van der Waals surface area (Å²) in [6.07, 6.45) is -0.0577. The Bertz CT molecular complexity index is 2900. The van der Waals surface area contributed by atoms with Gasteiger partial charge in [-0.2, -0.15) is 0 Å². The Morgan fingerprint density at radius 1 is 0.326 bits per heavy atom. The fourth-order valence-electron chi connectivity index (χ4n) is 6.35. The van der Waals surface area contributed by atoms with E-state index in [1.54, 1.807) is 66.7 Å². The molecule has 0 saturated heterocycles. The van der Waals surface area contributed by atoms with Crippen molar-refractivity contribution < 1.29 is 114 Å². The highest BCUT2D eigenvalue weighted by Gasteiger charge is 2.20. The largest absolute Gasteiger partial charge is 0.504 e. The van der Waals surface area contributed by atoms with Crippen molar-refractivity contribution in [3.05, 3.63) is 130 Å². The van der Waals surface area contributed by atoms with Crippen molar-refractivity contribution in [2.75, 3.05) is 13.2 Å². The molecule has 0 radical (unpaired) electrons. The summed E-state index contributed by atoms with van der Waals surface area (Å²) in [5.41, 5.74) is 1.91. The zero-order chi connectivity index (χ0) is 66.2. The van der Waals surface area contributed by atoms with Gasteiger partial charge in [0.1, 0.15) is 0 Å². The molecule has 23 heteroatoms. The van der Waals surface area contributed by atoms with Gasteiger partial charge in [-0.05, 0) is 111 Å². The number of ketones is 3. The summed E-state index contributed by atoms with van der Waals surface area (Å²) >= 11 is 0. The van der Waals surface area contributed by atoms with E-state index in [4.69, 9.17) is 55.1 Å². The van der Waals surface area contributed by atoms with E-state index < -0.39 is 80.9 Å². The molecule has 0 atom stereocenters. The highest BCUT2D eigenvalue weighted by Crippen LogP contribution is 2.39. The van der Waals surface area contributed by atoms with Gasteiger partial charge in [-0.1, -0.05) is 87.4 Å². The number of carbonyl (C=O) groups is 6. The van der Waals surface area contributed by atoms with Crippen LogP contribution in [0.4, 0.5) is 0 Å². The number of esters is 3. The van der Waals surface area contributed by atoms with Crippen LogP contribution >= 0.6 is 0 Å². The van der Waals surface area contributed by atoms with E-state index in [0.717, 1.165) is 48.5 Å². The first-order valence-corrected chi connectivity index (χ1v) is 26.6. The Hall–Kier alpha value is -10.1. The van der Waals surface area contributed by atoms with Crippen molar-refractivity contribution in [1.29, 1.82) is 0 Å². The summed E-state index contributed by atoms with van der Waals surface area (Å²) < 4.78 is 14.8. The first-order valence-electron chi connectivity index (χ1n) is 26.6. The molecule has 0 fully saturated rings. The predicted octanol–water partition coefficient (Wildman–Crippen LogP) is 11.0. The fraction of sp³-hybridized carbons (Fsp3) is 0.333. The Kier molecular flexibility index (Phi) is 29.7. The molecule has 14 N–H and O–H groups in total. The number of aryl methyl sites for hydroxylation is 1. The molecule has 0 aliphatic rings. The van der Waals surface area contributed by atoms with Crippen LogP contribution in [0.5, 0.6) is 80.5 Å². The van der Waals surface area contributed by atoms with Crippen molar-refractivity contribution in [2.24, 2.45) is 29.6 Å². The topological polar surface area (TPSA) is 413 Å². The maximum atomic E-state index is 11.6. The SMILES string of the molecule is CC(C)C(=O)c1cc(O)c(O)c(O)c1.CC(C)C(=O)c1cc(O)c(O)c(O)c1.CC(C)COC(=O)c1cc(O)c(O)c(O)c1.CC(C)COC(=O)c1cc(O)c(O)c(O)c1.CC(C)OC(=O)c1ccccc1.Cc1cc(C(=O)C(C)C)cc(O)c1O. The number of hydrogen-bond acceptors (Lipinski definition) is 23. The minimum atomic E-state index is -0.653. The first-order chi connectivity index (χ1) is 39.8. The van der Waals surface area contributed by atoms with Gasteiger partial charge in [0.05, 0.1) is 36.0 Å². The van der Waals surface area contributed by atoms with E-state index in [-0.39, 0.29) is 106 Å². The molecule has 0 amide bonds. The molecule has 0 bridgehead atoms. The zero-order valence-corrected chi connectivity index (χ0v) is 50.0. The first kappa shape index (κ1) is 74.0. The van der Waals surface area contributed by atoms with Gasteiger partial charge in [-0.25, -0.2) is 14.4 Å². The third kappa shape index (κ3) is 24.0. The van der Waals surface area contributed by atoms with Crippen LogP contribution in [0.1, 0.15) is 151 Å². The van der Waals surface area contributed by atoms with Crippen LogP contribution < -0.4 is 0 Å². The summed E-state index contributed by atoms with van der Waals surface area (Å²) in [6, 6.07) is 20.6. The molecule has 6 aromatic rings. The van der Waals surface area contributed by atoms with Crippen LogP contribution in [0.2, 0.25) is 0 Å². The predicted molar refractivity (Wildman–Crippen MR) is 315 cm³/mol. The monoisotopic (exact) mass is 1200 g/mol. The maximum Gasteiger partial charge on any atom is 0.338 e. The number of ether oxygens (including phenoxy) is 3. The van der Waals surface area contributed by atoms with Crippen LogP contribution in [-0.4, -0.2) is 126 Å². The van der Waals surface area contributed by atoms with Crippen molar-refractivity contribution in [2.45, 2.75) is 96.1 Å². The van der Waals surface area contributed by atoms with Crippen molar-refractivity contribution >= 4 is 35.3 Å². The van der Waals surface area contributed by atoms with Gasteiger partial charge in [0, 0.05) is 34.4 Å². The van der Waals surface area contributed by atoms with E-state index in [0.29, 0.717) is 16.7 Å². The smallest absolute Gasteiger partial charge is 0.338 e. The second-order valence-electron chi connectivity index (χ2n) is 21.0. The molecular formula is C63H78O23. The van der Waals surface area contributed by atoms with Crippen molar-refractivity contribution in [3.63, 3.8) is 0 Å². The van der Waals surface area contributed by atoms with E-state index in [2.05, 4.69) is 0 Å². The van der Waals surface area contributed by atoms with Crippen molar-refractivity contribution in [3.8, 4) is 80.5 Å². The van der Waals surface area contributed by atoms with E-state index in [1.165, 1.54) is 6.07 Å². The average Bonchev–Trinajstić information content (AvgIpc) is 3.64. The molecule has 0 unspecified atom stereocenters. The molecule has 0 aromatic heterocycles. The van der Waals surface area contributed by atoms with E-state index in [9.17, 15) is 59.4 Å². The Morgan fingerprint density at radius 3 is 0.802 bits per heavy atom. The quantitative estimate of drug-likeness (QED) is 0.0208. The Morgan fingerprint density at radius 2 is 0.570 bits per heavy atom. The lowest BCUT2D eigenvalue weighted by Gasteiger charge is -2.08. The van der Waals surface area contributed by atoms with Gasteiger partial charge < -0.3 is 85.7 Å². The number of benzene rings is 6. The Labute approximate surface area is 497 Å². The average molecular weight is 1200 g/mol. The summed E-state index contributed by atoms with van der Waals surface area (Å²) in [5, 5.41) is 128. The summed E-state index contributed by atoms with van der Waals surface area (Å²) in [4.78, 5) is 68.6. The third-order valence-electron chi connectivity index (χ3n) is 10.9. The van der Waals surface area contributed by atoms with Gasteiger partial charge in [0.25, 0.3) is 0 Å². The molecule has 0 aliphatic carbocycles. The lowest BCUT2D eigenvalue weighted by Crippen LogP contribution is -2.11. The van der Waals surface area contributed by atoms with Crippen molar-refractivity contribution in [1.82, 2.24) is 0 Å². The molecule has 6 rings (SSSR count). The molecule has 0 spiro atoms. The minimum absolute atomic E-state index is 0.00606. The lowest BCUT2D eigenvalue weighted by atomic mass is 9.99.